The predicted molar refractivity (Wildman–Crippen MR) is 68.9 cm³/mol. The molecule has 0 aromatic heterocycles. The lowest BCUT2D eigenvalue weighted by Gasteiger charge is -2.02. The lowest BCUT2D eigenvalue weighted by atomic mass is 10.1. The zero-order chi connectivity index (χ0) is 12.4. The first-order valence-electron chi connectivity index (χ1n) is 5.78. The molecule has 0 spiro atoms. The van der Waals surface area contributed by atoms with E-state index in [4.69, 9.17) is 4.74 Å². The van der Waals surface area contributed by atoms with Crippen LogP contribution in [0.4, 0.5) is 4.79 Å². The fraction of sp³-hybridized carbons (Fsp3) is 0.133. The van der Waals surface area contributed by atoms with E-state index >= 15 is 0 Å². The lowest BCUT2D eigenvalue weighted by Crippen LogP contribution is -2.17. The molecule has 0 bridgehead atoms. The number of amides is 1. The van der Waals surface area contributed by atoms with E-state index in [0.29, 0.717) is 13.2 Å². The Hall–Kier alpha value is -2.47. The Morgan fingerprint density at radius 1 is 1.11 bits per heavy atom. The average molecular weight is 237 g/mol. The van der Waals surface area contributed by atoms with Gasteiger partial charge in [0.15, 0.2) is 0 Å². The summed E-state index contributed by atoms with van der Waals surface area (Å²) in [5.41, 5.74) is 0.924. The van der Waals surface area contributed by atoms with Crippen molar-refractivity contribution in [2.24, 2.45) is 0 Å². The maximum Gasteiger partial charge on any atom is 0.421 e. The molecule has 18 heavy (non-hydrogen) atoms. The zero-order valence-electron chi connectivity index (χ0n) is 9.72. The molecule has 2 aromatic carbocycles. The number of carbonyl (C=O) groups excluding carboxylic acids is 1. The number of benzene rings is 2. The Morgan fingerprint density at radius 2 is 1.94 bits per heavy atom. The Bertz CT molecular complexity index is 661. The minimum Gasteiger partial charge on any atom is -0.447 e. The molecule has 1 heterocycles. The van der Waals surface area contributed by atoms with Crippen LogP contribution in [-0.2, 0) is 4.74 Å². The smallest absolute Gasteiger partial charge is 0.421 e. The van der Waals surface area contributed by atoms with Crippen LogP contribution in [0, 0.1) is 12.0 Å². The third-order valence-corrected chi connectivity index (χ3v) is 2.88. The van der Waals surface area contributed by atoms with Gasteiger partial charge in [-0.3, -0.25) is 0 Å². The van der Waals surface area contributed by atoms with Crippen LogP contribution in [0.2, 0.25) is 0 Å². The molecule has 1 aliphatic heterocycles. The van der Waals surface area contributed by atoms with Crippen LogP contribution in [0.3, 0.4) is 0 Å². The fourth-order valence-corrected chi connectivity index (χ4v) is 1.96. The standard InChI is InChI=1S/C15H11NO2/c17-15-16(10-11-18-15)9-8-13-6-3-5-12-4-1-2-7-14(12)13/h1-7H,10-11H2. The normalized spacial score (nSPS) is 14.2. The van der Waals surface area contributed by atoms with Crippen LogP contribution < -0.4 is 0 Å². The number of ether oxygens (including phenoxy) is 1. The van der Waals surface area contributed by atoms with Gasteiger partial charge in [0.05, 0.1) is 6.54 Å². The second-order valence-electron chi connectivity index (χ2n) is 4.03. The number of rotatable bonds is 0. The summed E-state index contributed by atoms with van der Waals surface area (Å²) < 4.78 is 4.83. The van der Waals surface area contributed by atoms with Crippen molar-refractivity contribution in [1.29, 1.82) is 0 Å². The van der Waals surface area contributed by atoms with Crippen molar-refractivity contribution >= 4 is 16.9 Å². The van der Waals surface area contributed by atoms with Crippen LogP contribution in [0.15, 0.2) is 42.5 Å². The number of carbonyl (C=O) groups is 1. The summed E-state index contributed by atoms with van der Waals surface area (Å²) in [6.07, 6.45) is -0.359. The quantitative estimate of drug-likeness (QED) is 0.659. The fourth-order valence-electron chi connectivity index (χ4n) is 1.96. The van der Waals surface area contributed by atoms with Crippen molar-refractivity contribution in [1.82, 2.24) is 4.90 Å². The van der Waals surface area contributed by atoms with E-state index in [1.165, 1.54) is 4.90 Å². The number of nitrogens with zero attached hydrogens (tertiary/aromatic N) is 1. The predicted octanol–water partition coefficient (Wildman–Crippen LogP) is 2.60. The monoisotopic (exact) mass is 237 g/mol. The molecule has 2 aromatic rings. The molecule has 0 radical (unpaired) electrons. The first kappa shape index (κ1) is 10.7. The van der Waals surface area contributed by atoms with Gasteiger partial charge in [0.2, 0.25) is 0 Å². The Labute approximate surface area is 105 Å². The van der Waals surface area contributed by atoms with Gasteiger partial charge in [0.25, 0.3) is 0 Å². The molecule has 1 aliphatic rings. The third-order valence-electron chi connectivity index (χ3n) is 2.88. The van der Waals surface area contributed by atoms with Crippen LogP contribution in [0.25, 0.3) is 10.8 Å². The van der Waals surface area contributed by atoms with E-state index in [0.717, 1.165) is 16.3 Å². The second kappa shape index (κ2) is 4.42. The van der Waals surface area contributed by atoms with Crippen molar-refractivity contribution < 1.29 is 9.53 Å². The molecule has 0 unspecified atom stereocenters. The molecule has 0 atom stereocenters. The summed E-state index contributed by atoms with van der Waals surface area (Å²) in [4.78, 5) is 12.7. The van der Waals surface area contributed by atoms with Gasteiger partial charge in [-0.2, -0.15) is 0 Å². The summed E-state index contributed by atoms with van der Waals surface area (Å²) in [6, 6.07) is 16.9. The Kier molecular flexibility index (Phi) is 2.62. The molecular weight excluding hydrogens is 226 g/mol. The highest BCUT2D eigenvalue weighted by Gasteiger charge is 2.19. The van der Waals surface area contributed by atoms with Gasteiger partial charge in [-0.25, -0.2) is 9.69 Å². The molecule has 0 N–H and O–H groups in total. The molecule has 3 heteroatoms. The van der Waals surface area contributed by atoms with E-state index in [-0.39, 0.29) is 6.09 Å². The van der Waals surface area contributed by atoms with Gasteiger partial charge >= 0.3 is 6.09 Å². The summed E-state index contributed by atoms with van der Waals surface area (Å²) in [5.74, 6) is 3.04. The zero-order valence-corrected chi connectivity index (χ0v) is 9.72. The largest absolute Gasteiger partial charge is 0.447 e. The number of hydrogen-bond acceptors (Lipinski definition) is 2. The molecule has 1 fully saturated rings. The van der Waals surface area contributed by atoms with Crippen LogP contribution >= 0.6 is 0 Å². The average Bonchev–Trinajstić information content (AvgIpc) is 2.82. The molecule has 88 valence electrons. The van der Waals surface area contributed by atoms with Crippen molar-refractivity contribution in [3.05, 3.63) is 48.0 Å². The molecule has 0 aliphatic carbocycles. The topological polar surface area (TPSA) is 29.5 Å². The molecule has 1 amide bonds. The summed E-state index contributed by atoms with van der Waals surface area (Å²) in [5, 5.41) is 2.24. The summed E-state index contributed by atoms with van der Waals surface area (Å²) >= 11 is 0. The summed E-state index contributed by atoms with van der Waals surface area (Å²) in [7, 11) is 0. The van der Waals surface area contributed by atoms with Crippen molar-refractivity contribution in [3.63, 3.8) is 0 Å². The minimum atomic E-state index is -0.359. The Morgan fingerprint density at radius 3 is 2.78 bits per heavy atom. The molecule has 3 rings (SSSR count). The second-order valence-corrected chi connectivity index (χ2v) is 4.03. The van der Waals surface area contributed by atoms with E-state index < -0.39 is 0 Å². The lowest BCUT2D eigenvalue weighted by molar-refractivity contribution is 0.167. The highest BCUT2D eigenvalue weighted by molar-refractivity contribution is 5.88. The summed E-state index contributed by atoms with van der Waals surface area (Å²) in [6.45, 7) is 0.958. The molecular formula is C15H11NO2. The number of cyclic esters (lactones) is 1. The van der Waals surface area contributed by atoms with Gasteiger partial charge in [-0.05, 0) is 22.8 Å². The minimum absolute atomic E-state index is 0.359. The molecule has 0 saturated carbocycles. The number of fused-ring (bicyclic) bond motifs is 1. The van der Waals surface area contributed by atoms with E-state index in [1.54, 1.807) is 0 Å². The molecule has 3 nitrogen and oxygen atoms in total. The van der Waals surface area contributed by atoms with E-state index in [1.807, 2.05) is 42.5 Å². The Balaban J connectivity index is 2.00. The maximum absolute atomic E-state index is 11.3. The maximum atomic E-state index is 11.3. The van der Waals surface area contributed by atoms with Crippen LogP contribution in [0.1, 0.15) is 5.56 Å². The SMILES string of the molecule is O=C1OCCN1C#Cc1cccc2ccccc12. The van der Waals surface area contributed by atoms with Crippen molar-refractivity contribution in [3.8, 4) is 12.0 Å². The van der Waals surface area contributed by atoms with Gasteiger partial charge in [-0.1, -0.05) is 36.4 Å². The molecule has 1 saturated heterocycles. The van der Waals surface area contributed by atoms with E-state index in [9.17, 15) is 4.79 Å². The highest BCUT2D eigenvalue weighted by Crippen LogP contribution is 2.17. The van der Waals surface area contributed by atoms with Crippen LogP contribution in [0.5, 0.6) is 0 Å². The van der Waals surface area contributed by atoms with Gasteiger partial charge < -0.3 is 4.74 Å². The van der Waals surface area contributed by atoms with Crippen molar-refractivity contribution in [2.75, 3.05) is 13.2 Å². The first-order chi connectivity index (χ1) is 8.84. The third kappa shape index (κ3) is 1.89. The highest BCUT2D eigenvalue weighted by atomic mass is 16.6. The van der Waals surface area contributed by atoms with E-state index in [2.05, 4.69) is 12.0 Å². The van der Waals surface area contributed by atoms with Gasteiger partial charge in [0, 0.05) is 11.6 Å². The van der Waals surface area contributed by atoms with Crippen molar-refractivity contribution in [2.45, 2.75) is 0 Å². The van der Waals surface area contributed by atoms with Gasteiger partial charge in [-0.15, -0.1) is 0 Å². The first-order valence-corrected chi connectivity index (χ1v) is 5.78. The van der Waals surface area contributed by atoms with Crippen LogP contribution in [-0.4, -0.2) is 24.1 Å². The van der Waals surface area contributed by atoms with Gasteiger partial charge in [0.1, 0.15) is 6.61 Å². The number of hydrogen-bond donors (Lipinski definition) is 0.